The van der Waals surface area contributed by atoms with Gasteiger partial charge in [0.2, 0.25) is 5.91 Å². The molecular formula is C5H10NO4SSr+. The van der Waals surface area contributed by atoms with E-state index in [1.807, 2.05) is 0 Å². The van der Waals surface area contributed by atoms with Crippen molar-refractivity contribution in [3.05, 3.63) is 0 Å². The van der Waals surface area contributed by atoms with E-state index in [2.05, 4.69) is 5.32 Å². The Labute approximate surface area is 109 Å². The summed E-state index contributed by atoms with van der Waals surface area (Å²) < 4.78 is 30.0. The van der Waals surface area contributed by atoms with Crippen LogP contribution in [-0.4, -0.2) is 76.7 Å². The Hall–Kier alpha value is 0.861. The minimum absolute atomic E-state index is 0. The van der Waals surface area contributed by atoms with Gasteiger partial charge in [-0.15, -0.1) is 0 Å². The summed E-state index contributed by atoms with van der Waals surface area (Å²) >= 11 is 0. The standard InChI is InChI=1S/C5H11NO4S.Sr/c1-5(7)6-3-2-4-11(8,9)10;/h2-4H2,1H3,(H,6,7)(H,8,9,10);/q;+2/p-1. The molecule has 0 rings (SSSR count). The van der Waals surface area contributed by atoms with E-state index in [0.717, 1.165) is 0 Å². The van der Waals surface area contributed by atoms with Crippen LogP contribution >= 0.6 is 0 Å². The fourth-order valence-electron chi connectivity index (χ4n) is 0.513. The quantitative estimate of drug-likeness (QED) is 0.389. The van der Waals surface area contributed by atoms with Crippen molar-refractivity contribution in [1.82, 2.24) is 5.32 Å². The predicted octanol–water partition coefficient (Wildman–Crippen LogP) is -1.32. The number of hydrogen-bond acceptors (Lipinski definition) is 4. The molecule has 0 bridgehead atoms. The molecule has 0 fully saturated rings. The van der Waals surface area contributed by atoms with E-state index in [1.54, 1.807) is 0 Å². The van der Waals surface area contributed by atoms with E-state index < -0.39 is 15.9 Å². The van der Waals surface area contributed by atoms with E-state index in [-0.39, 0.29) is 64.4 Å². The first kappa shape index (κ1) is 15.3. The normalized spacial score (nSPS) is 10.2. The maximum Gasteiger partial charge on any atom is 2.00 e. The summed E-state index contributed by atoms with van der Waals surface area (Å²) in [5, 5.41) is 2.38. The monoisotopic (exact) mass is 268 g/mol. The third kappa shape index (κ3) is 13.5. The topological polar surface area (TPSA) is 86.3 Å². The van der Waals surface area contributed by atoms with Crippen molar-refractivity contribution in [2.45, 2.75) is 13.3 Å². The van der Waals surface area contributed by atoms with E-state index in [1.165, 1.54) is 6.92 Å². The number of rotatable bonds is 4. The summed E-state index contributed by atoms with van der Waals surface area (Å²) in [5.41, 5.74) is 0. The van der Waals surface area contributed by atoms with Crippen LogP contribution in [0.3, 0.4) is 0 Å². The Morgan fingerprint density at radius 2 is 2.00 bits per heavy atom. The molecule has 0 aliphatic heterocycles. The molecule has 0 aliphatic rings. The van der Waals surface area contributed by atoms with Crippen molar-refractivity contribution in [3.63, 3.8) is 0 Å². The van der Waals surface area contributed by atoms with Crippen LogP contribution in [0.15, 0.2) is 0 Å². The van der Waals surface area contributed by atoms with Crippen LogP contribution in [0, 0.1) is 0 Å². The molecule has 0 aromatic heterocycles. The van der Waals surface area contributed by atoms with Gasteiger partial charge in [-0.3, -0.25) is 4.79 Å². The molecule has 0 unspecified atom stereocenters. The second-order valence-electron chi connectivity index (χ2n) is 2.10. The van der Waals surface area contributed by atoms with Gasteiger partial charge in [-0.2, -0.15) is 0 Å². The van der Waals surface area contributed by atoms with Crippen LogP contribution in [0.5, 0.6) is 0 Å². The number of carbonyl (C=O) groups excluding carboxylic acids is 1. The van der Waals surface area contributed by atoms with Crippen LogP contribution in [0.25, 0.3) is 0 Å². The zero-order valence-electron chi connectivity index (χ0n) is 6.87. The molecule has 0 aromatic rings. The second kappa shape index (κ2) is 7.28. The Morgan fingerprint density at radius 1 is 1.50 bits per heavy atom. The maximum atomic E-state index is 10.2. The first-order valence-corrected chi connectivity index (χ1v) is 4.67. The van der Waals surface area contributed by atoms with E-state index in [4.69, 9.17) is 0 Å². The third-order valence-electron chi connectivity index (χ3n) is 0.945. The Balaban J connectivity index is 0. The Bertz CT molecular complexity index is 226. The second-order valence-corrected chi connectivity index (χ2v) is 3.62. The molecule has 7 heteroatoms. The molecule has 0 aliphatic carbocycles. The average Bonchev–Trinajstić information content (AvgIpc) is 1.78. The summed E-state index contributed by atoms with van der Waals surface area (Å²) in [5.74, 6) is -0.652. The van der Waals surface area contributed by atoms with E-state index >= 15 is 0 Å². The van der Waals surface area contributed by atoms with Crippen LogP contribution in [-0.2, 0) is 14.9 Å². The molecule has 0 spiro atoms. The Morgan fingerprint density at radius 3 is 2.33 bits per heavy atom. The average molecular weight is 268 g/mol. The summed E-state index contributed by atoms with van der Waals surface area (Å²) in [6.45, 7) is 1.56. The zero-order valence-corrected chi connectivity index (χ0v) is 11.2. The van der Waals surface area contributed by atoms with Crippen LogP contribution in [0.1, 0.15) is 13.3 Å². The van der Waals surface area contributed by atoms with Gasteiger partial charge in [0.25, 0.3) is 0 Å². The van der Waals surface area contributed by atoms with Crippen molar-refractivity contribution < 1.29 is 17.8 Å². The molecule has 1 amide bonds. The summed E-state index contributed by atoms with van der Waals surface area (Å²) in [6, 6.07) is 0. The van der Waals surface area contributed by atoms with Gasteiger partial charge in [-0.25, -0.2) is 8.42 Å². The van der Waals surface area contributed by atoms with Gasteiger partial charge >= 0.3 is 45.5 Å². The van der Waals surface area contributed by atoms with Crippen molar-refractivity contribution in [1.29, 1.82) is 0 Å². The molecule has 1 N–H and O–H groups in total. The summed E-state index contributed by atoms with van der Waals surface area (Å²) in [4.78, 5) is 10.2. The minimum atomic E-state index is -4.12. The smallest absolute Gasteiger partial charge is 0.748 e. The van der Waals surface area contributed by atoms with Crippen LogP contribution < -0.4 is 5.32 Å². The fourth-order valence-corrected chi connectivity index (χ4v) is 1.01. The van der Waals surface area contributed by atoms with Crippen molar-refractivity contribution >= 4 is 61.5 Å². The van der Waals surface area contributed by atoms with Crippen molar-refractivity contribution in [3.8, 4) is 0 Å². The van der Waals surface area contributed by atoms with Gasteiger partial charge in [0, 0.05) is 19.2 Å². The predicted molar refractivity (Wildman–Crippen MR) is 43.6 cm³/mol. The number of nitrogens with one attached hydrogen (secondary N) is 1. The molecule has 0 atom stereocenters. The first-order chi connectivity index (χ1) is 4.92. The van der Waals surface area contributed by atoms with Gasteiger partial charge in [-0.1, -0.05) is 0 Å². The number of hydrogen-bond donors (Lipinski definition) is 1. The van der Waals surface area contributed by atoms with Gasteiger partial charge < -0.3 is 9.87 Å². The molecule has 0 radical (unpaired) electrons. The number of amides is 1. The first-order valence-electron chi connectivity index (χ1n) is 3.10. The van der Waals surface area contributed by atoms with Gasteiger partial charge in [-0.05, 0) is 6.42 Å². The molecule has 0 heterocycles. The van der Waals surface area contributed by atoms with Gasteiger partial charge in [0.05, 0.1) is 10.1 Å². The maximum absolute atomic E-state index is 10.2. The van der Waals surface area contributed by atoms with Gasteiger partial charge in [0.1, 0.15) is 0 Å². The molecule has 0 saturated heterocycles. The van der Waals surface area contributed by atoms with E-state index in [0.29, 0.717) is 0 Å². The Kier molecular flexibility index (Phi) is 9.31. The molecule has 0 aromatic carbocycles. The fraction of sp³-hybridized carbons (Fsp3) is 0.800. The molecule has 12 heavy (non-hydrogen) atoms. The largest absolute Gasteiger partial charge is 2.00 e. The van der Waals surface area contributed by atoms with E-state index in [9.17, 15) is 17.8 Å². The van der Waals surface area contributed by atoms with Crippen molar-refractivity contribution in [2.75, 3.05) is 12.3 Å². The third-order valence-corrected chi connectivity index (χ3v) is 1.73. The molecule has 5 nitrogen and oxygen atoms in total. The summed E-state index contributed by atoms with van der Waals surface area (Å²) in [7, 11) is -4.12. The molecular weight excluding hydrogens is 258 g/mol. The van der Waals surface area contributed by atoms with Crippen molar-refractivity contribution in [2.24, 2.45) is 0 Å². The SMILES string of the molecule is CC(=O)NCCCS(=O)(=O)[O-].[Sr+2]. The van der Waals surface area contributed by atoms with Crippen LogP contribution in [0.2, 0.25) is 0 Å². The minimum Gasteiger partial charge on any atom is -0.748 e. The molecule has 0 saturated carbocycles. The number of carbonyl (C=O) groups is 1. The molecule has 66 valence electrons. The summed E-state index contributed by atoms with van der Waals surface area (Å²) in [6.07, 6.45) is 0.172. The zero-order chi connectivity index (χ0) is 8.91. The van der Waals surface area contributed by atoms with Crippen LogP contribution in [0.4, 0.5) is 0 Å². The van der Waals surface area contributed by atoms with Gasteiger partial charge in [0.15, 0.2) is 0 Å².